The number of methoxy groups -OCH3 is 1. The summed E-state index contributed by atoms with van der Waals surface area (Å²) in [5.74, 6) is 1.22. The Balaban J connectivity index is 1.53. The third-order valence-electron chi connectivity index (χ3n) is 5.58. The van der Waals surface area contributed by atoms with E-state index < -0.39 is 0 Å². The lowest BCUT2D eigenvalue weighted by Gasteiger charge is -2.29. The Kier molecular flexibility index (Phi) is 8.72. The van der Waals surface area contributed by atoms with Crippen molar-refractivity contribution in [3.63, 3.8) is 0 Å². The van der Waals surface area contributed by atoms with Gasteiger partial charge in [-0.05, 0) is 42.5 Å². The number of hydrogen-bond donors (Lipinski definition) is 1. The number of anilines is 2. The number of benzene rings is 3. The van der Waals surface area contributed by atoms with Gasteiger partial charge >= 0.3 is 0 Å². The van der Waals surface area contributed by atoms with Crippen molar-refractivity contribution in [1.82, 2.24) is 0 Å². The summed E-state index contributed by atoms with van der Waals surface area (Å²) in [5, 5.41) is 5.24. The lowest BCUT2D eigenvalue weighted by molar-refractivity contribution is 0.122. The Labute approximate surface area is 223 Å². The van der Waals surface area contributed by atoms with E-state index in [0.717, 1.165) is 40.1 Å². The Morgan fingerprint density at radius 3 is 2.38 bits per heavy atom. The minimum atomic E-state index is 0.207. The van der Waals surface area contributed by atoms with Crippen molar-refractivity contribution in [2.45, 2.75) is 13.2 Å². The molecule has 0 bridgehead atoms. The number of rotatable bonds is 8. The van der Waals surface area contributed by atoms with Crippen LogP contribution in [0.1, 0.15) is 11.1 Å². The van der Waals surface area contributed by atoms with Crippen LogP contribution in [0.3, 0.4) is 0 Å². The second-order valence-electron chi connectivity index (χ2n) is 7.67. The molecular formula is C25H24BrCl3N2O3. The highest BCUT2D eigenvalue weighted by molar-refractivity contribution is 9.10. The quantitative estimate of drug-likeness (QED) is 0.297. The molecule has 1 aliphatic heterocycles. The van der Waals surface area contributed by atoms with E-state index in [1.54, 1.807) is 25.3 Å². The highest BCUT2D eigenvalue weighted by atomic mass is 79.9. The van der Waals surface area contributed by atoms with Gasteiger partial charge in [0.15, 0.2) is 11.5 Å². The van der Waals surface area contributed by atoms with Crippen LogP contribution < -0.4 is 19.7 Å². The second kappa shape index (κ2) is 11.7. The molecule has 0 atom stereocenters. The van der Waals surface area contributed by atoms with Crippen molar-refractivity contribution < 1.29 is 14.2 Å². The molecule has 5 nitrogen and oxygen atoms in total. The van der Waals surface area contributed by atoms with Crippen molar-refractivity contribution in [3.05, 3.63) is 79.2 Å². The Hall–Kier alpha value is -1.83. The minimum absolute atomic E-state index is 0.207. The molecule has 0 radical (unpaired) electrons. The first-order chi connectivity index (χ1) is 16.5. The fourth-order valence-electron chi connectivity index (χ4n) is 3.75. The van der Waals surface area contributed by atoms with Crippen molar-refractivity contribution in [2.75, 3.05) is 43.6 Å². The van der Waals surface area contributed by atoms with E-state index in [4.69, 9.17) is 49.0 Å². The van der Waals surface area contributed by atoms with Gasteiger partial charge in [-0.1, -0.05) is 56.8 Å². The zero-order chi connectivity index (χ0) is 24.1. The van der Waals surface area contributed by atoms with E-state index in [-0.39, 0.29) is 6.61 Å². The highest BCUT2D eigenvalue weighted by Crippen LogP contribution is 2.38. The first-order valence-electron chi connectivity index (χ1n) is 10.7. The predicted molar refractivity (Wildman–Crippen MR) is 143 cm³/mol. The maximum absolute atomic E-state index is 6.60. The summed E-state index contributed by atoms with van der Waals surface area (Å²) in [6.07, 6.45) is 0. The van der Waals surface area contributed by atoms with Crippen LogP contribution in [0.5, 0.6) is 11.5 Å². The van der Waals surface area contributed by atoms with Gasteiger partial charge in [0.05, 0.1) is 31.0 Å². The van der Waals surface area contributed by atoms with Crippen LogP contribution in [-0.4, -0.2) is 33.4 Å². The van der Waals surface area contributed by atoms with E-state index in [2.05, 4.69) is 26.1 Å². The number of halogens is 4. The number of morpholine rings is 1. The average molecular weight is 587 g/mol. The summed E-state index contributed by atoms with van der Waals surface area (Å²) in [4.78, 5) is 2.24. The molecule has 1 N–H and O–H groups in total. The van der Waals surface area contributed by atoms with Gasteiger partial charge < -0.3 is 24.4 Å². The predicted octanol–water partition coefficient (Wildman–Crippen LogP) is 7.45. The smallest absolute Gasteiger partial charge is 0.167 e. The summed E-state index contributed by atoms with van der Waals surface area (Å²) in [5.41, 5.74) is 3.53. The van der Waals surface area contributed by atoms with Crippen LogP contribution in [0.15, 0.2) is 53.0 Å². The van der Waals surface area contributed by atoms with Crippen LogP contribution in [0.25, 0.3) is 0 Å². The number of nitrogens with zero attached hydrogens (tertiary/aromatic N) is 1. The third kappa shape index (κ3) is 5.86. The average Bonchev–Trinajstić information content (AvgIpc) is 2.84. The molecule has 0 unspecified atom stereocenters. The van der Waals surface area contributed by atoms with Crippen LogP contribution in [0, 0.1) is 0 Å². The first-order valence-corrected chi connectivity index (χ1v) is 12.7. The molecule has 3 aromatic rings. The maximum atomic E-state index is 6.60. The van der Waals surface area contributed by atoms with Crippen LogP contribution in [0.2, 0.25) is 15.1 Å². The van der Waals surface area contributed by atoms with E-state index in [1.807, 2.05) is 30.3 Å². The van der Waals surface area contributed by atoms with E-state index in [9.17, 15) is 0 Å². The van der Waals surface area contributed by atoms with Gasteiger partial charge in [0.25, 0.3) is 0 Å². The van der Waals surface area contributed by atoms with E-state index in [0.29, 0.717) is 46.3 Å². The van der Waals surface area contributed by atoms with E-state index in [1.165, 1.54) is 0 Å². The Morgan fingerprint density at radius 2 is 1.71 bits per heavy atom. The van der Waals surface area contributed by atoms with Gasteiger partial charge in [-0.3, -0.25) is 0 Å². The second-order valence-corrected chi connectivity index (χ2v) is 9.74. The van der Waals surface area contributed by atoms with Crippen molar-refractivity contribution in [3.8, 4) is 11.5 Å². The SMILES string of the molecule is COc1ccc(Br)c(CNc2ccc(N3CCOCC3)c(Cl)c2)c1OCc1c(Cl)cccc1Cl. The molecule has 0 aromatic heterocycles. The number of hydrogen-bond acceptors (Lipinski definition) is 5. The zero-order valence-electron chi connectivity index (χ0n) is 18.5. The summed E-state index contributed by atoms with van der Waals surface area (Å²) >= 11 is 22.9. The fourth-order valence-corrected chi connectivity index (χ4v) is 5.01. The summed E-state index contributed by atoms with van der Waals surface area (Å²) < 4.78 is 18.1. The van der Waals surface area contributed by atoms with Gasteiger partial charge in [0, 0.05) is 51.0 Å². The van der Waals surface area contributed by atoms with Gasteiger partial charge in [0.2, 0.25) is 0 Å². The molecule has 1 saturated heterocycles. The molecule has 180 valence electrons. The fraction of sp³-hybridized carbons (Fsp3) is 0.280. The molecule has 1 aliphatic rings. The van der Waals surface area contributed by atoms with Gasteiger partial charge in [-0.25, -0.2) is 0 Å². The molecule has 0 spiro atoms. The monoisotopic (exact) mass is 584 g/mol. The topological polar surface area (TPSA) is 43.0 Å². The molecule has 34 heavy (non-hydrogen) atoms. The van der Waals surface area contributed by atoms with Gasteiger partial charge in [-0.2, -0.15) is 0 Å². The molecule has 1 heterocycles. The highest BCUT2D eigenvalue weighted by Gasteiger charge is 2.18. The number of nitrogens with one attached hydrogen (secondary N) is 1. The molecular weight excluding hydrogens is 563 g/mol. The Bertz CT molecular complexity index is 1140. The van der Waals surface area contributed by atoms with Crippen LogP contribution >= 0.6 is 50.7 Å². The molecule has 1 fully saturated rings. The standard InChI is InChI=1S/C25H24BrCl3N2O3/c1-32-24-8-6-19(26)17(25(24)34-15-18-20(27)3-2-4-21(18)28)14-30-16-5-7-23(22(29)13-16)31-9-11-33-12-10-31/h2-8,13,30H,9-12,14-15H2,1H3. The molecule has 0 amide bonds. The van der Waals surface area contributed by atoms with Crippen LogP contribution in [-0.2, 0) is 17.9 Å². The molecule has 9 heteroatoms. The molecule has 4 rings (SSSR count). The summed E-state index contributed by atoms with van der Waals surface area (Å²) in [6, 6.07) is 15.2. The molecule has 3 aromatic carbocycles. The van der Waals surface area contributed by atoms with Gasteiger partial charge in [-0.15, -0.1) is 0 Å². The van der Waals surface area contributed by atoms with Crippen LogP contribution in [0.4, 0.5) is 11.4 Å². The largest absolute Gasteiger partial charge is 0.493 e. The maximum Gasteiger partial charge on any atom is 0.167 e. The summed E-state index contributed by atoms with van der Waals surface area (Å²) in [6.45, 7) is 3.78. The summed E-state index contributed by atoms with van der Waals surface area (Å²) in [7, 11) is 1.61. The lowest BCUT2D eigenvalue weighted by atomic mass is 10.1. The molecule has 0 saturated carbocycles. The number of ether oxygens (including phenoxy) is 3. The van der Waals surface area contributed by atoms with Crippen molar-refractivity contribution in [1.29, 1.82) is 0 Å². The van der Waals surface area contributed by atoms with Crippen molar-refractivity contribution in [2.24, 2.45) is 0 Å². The normalized spacial score (nSPS) is 13.6. The van der Waals surface area contributed by atoms with Gasteiger partial charge in [0.1, 0.15) is 6.61 Å². The lowest BCUT2D eigenvalue weighted by Crippen LogP contribution is -2.36. The Morgan fingerprint density at radius 1 is 0.971 bits per heavy atom. The van der Waals surface area contributed by atoms with Crippen molar-refractivity contribution >= 4 is 62.1 Å². The van der Waals surface area contributed by atoms with E-state index >= 15 is 0 Å². The first kappa shape index (κ1) is 25.3. The molecule has 0 aliphatic carbocycles. The zero-order valence-corrected chi connectivity index (χ0v) is 22.4. The third-order valence-corrected chi connectivity index (χ3v) is 7.33. The minimum Gasteiger partial charge on any atom is -0.493 e.